The Balaban J connectivity index is 1.36. The van der Waals surface area contributed by atoms with Gasteiger partial charge in [0.2, 0.25) is 0 Å². The fourth-order valence-electron chi connectivity index (χ4n) is 7.70. The first-order valence-corrected chi connectivity index (χ1v) is 20.4. The molecule has 3 fully saturated rings. The summed E-state index contributed by atoms with van der Waals surface area (Å²) in [5.41, 5.74) is 2.60. The fraction of sp³-hybridized carbons (Fsp3) is 0.489. The van der Waals surface area contributed by atoms with E-state index in [1.165, 1.54) is 7.11 Å². The van der Waals surface area contributed by atoms with Crippen molar-refractivity contribution in [3.63, 3.8) is 0 Å². The molecule has 0 spiro atoms. The van der Waals surface area contributed by atoms with Gasteiger partial charge < -0.3 is 62.2 Å². The van der Waals surface area contributed by atoms with E-state index in [1.807, 2.05) is 91.0 Å². The lowest BCUT2D eigenvalue weighted by Crippen LogP contribution is -2.72. The minimum atomic E-state index is -2.39. The van der Waals surface area contributed by atoms with Crippen LogP contribution in [0.5, 0.6) is 0 Å². The lowest BCUT2D eigenvalue weighted by molar-refractivity contribution is -0.349. The van der Waals surface area contributed by atoms with E-state index in [2.05, 4.69) is 5.32 Å². The Labute approximate surface area is 364 Å². The number of nitrogens with one attached hydrogen (secondary N) is 1. The number of ether oxygens (including phenoxy) is 12. The predicted octanol–water partition coefficient (Wildman–Crippen LogP) is 3.69. The fourth-order valence-corrected chi connectivity index (χ4v) is 7.70. The number of hydrogen-bond acceptors (Lipinski definition) is 17. The summed E-state index contributed by atoms with van der Waals surface area (Å²) < 4.78 is 72.5. The molecule has 18 heteroatoms. The van der Waals surface area contributed by atoms with Gasteiger partial charge in [-0.2, -0.15) is 0 Å². The van der Waals surface area contributed by atoms with E-state index in [1.54, 1.807) is 0 Å². The van der Waals surface area contributed by atoms with E-state index in [0.29, 0.717) is 0 Å². The average Bonchev–Trinajstić information content (AvgIpc) is 3.28. The highest BCUT2D eigenvalue weighted by Gasteiger charge is 2.62. The number of amides is 1. The van der Waals surface area contributed by atoms with Crippen molar-refractivity contribution in [2.45, 2.75) is 114 Å². The van der Waals surface area contributed by atoms with Gasteiger partial charge in [-0.1, -0.05) is 91.0 Å². The molecule has 6 rings (SSSR count). The molecule has 1 amide bonds. The van der Waals surface area contributed by atoms with E-state index >= 15 is 0 Å². The van der Waals surface area contributed by atoms with Gasteiger partial charge in [-0.15, -0.1) is 0 Å². The number of alkyl carbamates (subject to hydrolysis) is 1. The molecule has 18 nitrogen and oxygen atoms in total. The molecule has 0 unspecified atom stereocenters. The van der Waals surface area contributed by atoms with E-state index in [9.17, 15) is 24.0 Å². The third-order valence-electron chi connectivity index (χ3n) is 10.5. The molecule has 0 saturated carbocycles. The Bertz CT molecular complexity index is 1970. The number of carbonyl (C=O) groups is 5. The Kier molecular flexibility index (Phi) is 16.6. The third-order valence-corrected chi connectivity index (χ3v) is 10.5. The first-order valence-electron chi connectivity index (χ1n) is 20.4. The number of esters is 4. The van der Waals surface area contributed by atoms with E-state index in [4.69, 9.17) is 56.8 Å². The number of methoxy groups -OCH3 is 2. The van der Waals surface area contributed by atoms with Crippen molar-refractivity contribution >= 4 is 30.0 Å². The second-order valence-electron chi connectivity index (χ2n) is 15.0. The van der Waals surface area contributed by atoms with Gasteiger partial charge in [-0.25, -0.2) is 9.59 Å². The van der Waals surface area contributed by atoms with Crippen LogP contribution in [-0.2, 0) is 95.8 Å². The van der Waals surface area contributed by atoms with Crippen LogP contribution in [0.2, 0.25) is 0 Å². The van der Waals surface area contributed by atoms with Gasteiger partial charge in [0, 0.05) is 27.9 Å². The molecule has 0 radical (unpaired) electrons. The van der Waals surface area contributed by atoms with Crippen LogP contribution in [0.25, 0.3) is 0 Å². The number of fused-ring (bicyclic) bond motifs is 1. The van der Waals surface area contributed by atoms with Crippen LogP contribution in [-0.4, -0.2) is 124 Å². The molecule has 0 aromatic heterocycles. The zero-order chi connectivity index (χ0) is 44.9. The maximum Gasteiger partial charge on any atom is 0.408 e. The number of carbonyl (C=O) groups excluding carboxylic acids is 5. The van der Waals surface area contributed by atoms with Crippen molar-refractivity contribution in [3.8, 4) is 0 Å². The Morgan fingerprint density at radius 3 is 1.81 bits per heavy atom. The van der Waals surface area contributed by atoms with Gasteiger partial charge in [-0.05, 0) is 16.7 Å². The molecular formula is C45H53NO17. The molecule has 0 bridgehead atoms. The number of rotatable bonds is 19. The summed E-state index contributed by atoms with van der Waals surface area (Å²) in [6.45, 7) is 2.82. The molecular weight excluding hydrogens is 826 g/mol. The first-order chi connectivity index (χ1) is 30.4. The molecule has 340 valence electrons. The molecule has 3 aromatic rings. The van der Waals surface area contributed by atoms with Crippen LogP contribution in [0.15, 0.2) is 91.0 Å². The minimum absolute atomic E-state index is 0.106. The zero-order valence-corrected chi connectivity index (χ0v) is 35.6. The lowest BCUT2D eigenvalue weighted by Gasteiger charge is -2.51. The van der Waals surface area contributed by atoms with Gasteiger partial charge in [0.1, 0.15) is 43.2 Å². The Hall–Kier alpha value is -5.47. The van der Waals surface area contributed by atoms with E-state index in [0.717, 1.165) is 44.6 Å². The van der Waals surface area contributed by atoms with E-state index in [-0.39, 0.29) is 19.8 Å². The standard InChI is InChI=1S/C45H53NO17/c1-27(47)54-25-34(60-29(3)49)38-39-36(46-44(51)62-38)33(59-28(2)48)21-45(63-39,43(50)53-5)58-26-35-37(55-22-30-15-9-6-10-16-30)40(56-23-31-17-11-7-12-18-31)41(42(52-4)61-35)57-24-32-19-13-8-14-20-32/h6-20,33-42H,21-26H2,1-5H3,(H,46,51)/t33-,34+,35+,36+,37+,38+,39+,40-,41+,42-,45+/m0/s1. The maximum absolute atomic E-state index is 14.1. The summed E-state index contributed by atoms with van der Waals surface area (Å²) in [7, 11) is 2.56. The number of cyclic esters (lactones) is 1. The van der Waals surface area contributed by atoms with Gasteiger partial charge in [0.15, 0.2) is 18.5 Å². The summed E-state index contributed by atoms with van der Waals surface area (Å²) in [4.78, 5) is 63.8. The summed E-state index contributed by atoms with van der Waals surface area (Å²) in [5, 5.41) is 2.58. The van der Waals surface area contributed by atoms with Crippen molar-refractivity contribution in [1.29, 1.82) is 0 Å². The molecule has 11 atom stereocenters. The molecule has 3 aromatic carbocycles. The Morgan fingerprint density at radius 1 is 0.746 bits per heavy atom. The number of benzene rings is 3. The quantitative estimate of drug-likeness (QED) is 0.135. The lowest BCUT2D eigenvalue weighted by atomic mass is 9.87. The smallest absolute Gasteiger partial charge is 0.408 e. The monoisotopic (exact) mass is 879 g/mol. The van der Waals surface area contributed by atoms with Crippen LogP contribution >= 0.6 is 0 Å². The Morgan fingerprint density at radius 2 is 1.30 bits per heavy atom. The molecule has 0 aliphatic carbocycles. The first kappa shape index (κ1) is 47.0. The van der Waals surface area contributed by atoms with Gasteiger partial charge in [-0.3, -0.25) is 14.4 Å². The largest absolute Gasteiger partial charge is 0.465 e. The topological polar surface area (TPSA) is 208 Å². The van der Waals surface area contributed by atoms with Crippen molar-refractivity contribution in [2.75, 3.05) is 27.4 Å². The van der Waals surface area contributed by atoms with Crippen molar-refractivity contribution in [3.05, 3.63) is 108 Å². The highest BCUT2D eigenvalue weighted by molar-refractivity contribution is 5.79. The molecule has 3 heterocycles. The SMILES string of the molecule is COC(=O)[C@@]1(OC[C@H]2O[C@H](OC)[C@H](OCc3ccccc3)[C@@H](OCc3ccccc3)[C@@H]2OCc2ccccc2)C[C@H](OC(C)=O)[C@H]2NC(=O)O[C@H]([C@@H](COC(C)=O)OC(C)=O)[C@@H]2O1. The molecule has 1 N–H and O–H groups in total. The average molecular weight is 880 g/mol. The third kappa shape index (κ3) is 12.4. The second-order valence-corrected chi connectivity index (χ2v) is 15.0. The van der Waals surface area contributed by atoms with Crippen LogP contribution in [0.4, 0.5) is 4.79 Å². The van der Waals surface area contributed by atoms with Crippen molar-refractivity contribution in [1.82, 2.24) is 5.32 Å². The summed E-state index contributed by atoms with van der Waals surface area (Å²) in [6, 6.07) is 27.3. The molecule has 63 heavy (non-hydrogen) atoms. The zero-order valence-electron chi connectivity index (χ0n) is 35.6. The molecule has 3 saturated heterocycles. The van der Waals surface area contributed by atoms with E-state index < -0.39 is 117 Å². The summed E-state index contributed by atoms with van der Waals surface area (Å²) >= 11 is 0. The van der Waals surface area contributed by atoms with Gasteiger partial charge in [0.25, 0.3) is 5.79 Å². The summed E-state index contributed by atoms with van der Waals surface area (Å²) in [5.74, 6) is -5.73. The van der Waals surface area contributed by atoms with Gasteiger partial charge in [0.05, 0.1) is 46.0 Å². The predicted molar refractivity (Wildman–Crippen MR) is 216 cm³/mol. The summed E-state index contributed by atoms with van der Waals surface area (Å²) in [6.07, 6.45) is -12.0. The second kappa shape index (κ2) is 22.2. The molecule has 3 aliphatic heterocycles. The van der Waals surface area contributed by atoms with Gasteiger partial charge >= 0.3 is 30.0 Å². The maximum atomic E-state index is 14.1. The van der Waals surface area contributed by atoms with Crippen LogP contribution < -0.4 is 5.32 Å². The normalized spacial score (nSPS) is 28.3. The van der Waals surface area contributed by atoms with Crippen molar-refractivity contribution in [2.24, 2.45) is 0 Å². The minimum Gasteiger partial charge on any atom is -0.465 e. The highest BCUT2D eigenvalue weighted by Crippen LogP contribution is 2.40. The van der Waals surface area contributed by atoms with Crippen molar-refractivity contribution < 1.29 is 80.8 Å². The molecule has 3 aliphatic rings. The van der Waals surface area contributed by atoms with Crippen LogP contribution in [0.3, 0.4) is 0 Å². The number of hydrogen-bond donors (Lipinski definition) is 1. The highest BCUT2D eigenvalue weighted by atomic mass is 16.8. The van der Waals surface area contributed by atoms with Crippen LogP contribution in [0, 0.1) is 0 Å². The van der Waals surface area contributed by atoms with Crippen LogP contribution in [0.1, 0.15) is 43.9 Å².